The third-order valence-electron chi connectivity index (χ3n) is 2.76. The number of nitrogens with one attached hydrogen (secondary N) is 1. The lowest BCUT2D eigenvalue weighted by Gasteiger charge is -2.17. The number of imidazole rings is 1. The average molecular weight is 355 g/mol. The van der Waals surface area contributed by atoms with E-state index in [1.165, 1.54) is 0 Å². The molecule has 108 valence electrons. The first-order chi connectivity index (χ1) is 9.46. The van der Waals surface area contributed by atoms with Crippen LogP contribution in [0.5, 0.6) is 0 Å². The van der Waals surface area contributed by atoms with Crippen LogP contribution in [0.15, 0.2) is 24.8 Å². The van der Waals surface area contributed by atoms with E-state index in [0.29, 0.717) is 5.82 Å². The van der Waals surface area contributed by atoms with Crippen molar-refractivity contribution >= 4 is 24.0 Å². The van der Waals surface area contributed by atoms with Gasteiger partial charge in [0.2, 0.25) is 0 Å². The number of alkyl halides is 1. The van der Waals surface area contributed by atoms with Crippen molar-refractivity contribution in [3.8, 4) is 11.5 Å². The van der Waals surface area contributed by atoms with Crippen LogP contribution in [0.3, 0.4) is 0 Å². The van der Waals surface area contributed by atoms with E-state index >= 15 is 0 Å². The molecule has 5 nitrogen and oxygen atoms in total. The summed E-state index contributed by atoms with van der Waals surface area (Å²) in [5.41, 5.74) is 1.61. The number of halogens is 1. The smallest absolute Gasteiger partial charge is 0.157 e. The Kier molecular flexibility index (Phi) is 5.06. The quantitative estimate of drug-likeness (QED) is 0.635. The van der Waals surface area contributed by atoms with Crippen LogP contribution in [0.25, 0.3) is 11.5 Å². The van der Waals surface area contributed by atoms with E-state index in [2.05, 4.69) is 55.5 Å². The molecule has 0 saturated heterocycles. The Bertz CT molecular complexity index is 541. The topological polar surface area (TPSA) is 63.7 Å². The minimum Gasteiger partial charge on any atom is -0.361 e. The molecule has 0 amide bonds. The second-order valence-corrected chi connectivity index (χ2v) is 12.2. The van der Waals surface area contributed by atoms with Gasteiger partial charge in [-0.15, -0.1) is 0 Å². The van der Waals surface area contributed by atoms with Crippen LogP contribution in [0.1, 0.15) is 10.7 Å². The fourth-order valence-corrected chi connectivity index (χ4v) is 2.71. The van der Waals surface area contributed by atoms with Gasteiger partial charge >= 0.3 is 0 Å². The summed E-state index contributed by atoms with van der Waals surface area (Å²) in [5, 5.41) is -0.170. The highest BCUT2D eigenvalue weighted by Crippen LogP contribution is 2.25. The summed E-state index contributed by atoms with van der Waals surface area (Å²) < 4.78 is 5.80. The summed E-state index contributed by atoms with van der Waals surface area (Å²) in [5.74, 6) is 0.700. The molecule has 0 aliphatic carbocycles. The van der Waals surface area contributed by atoms with Gasteiger partial charge in [0, 0.05) is 27.1 Å². The zero-order chi connectivity index (χ0) is 14.6. The molecular weight excluding hydrogens is 336 g/mol. The fourth-order valence-electron chi connectivity index (χ4n) is 1.56. The highest BCUT2D eigenvalue weighted by atomic mass is 79.9. The second kappa shape index (κ2) is 6.60. The molecule has 1 N–H and O–H groups in total. The molecule has 0 bridgehead atoms. The highest BCUT2D eigenvalue weighted by Gasteiger charge is 2.16. The molecule has 0 saturated carbocycles. The van der Waals surface area contributed by atoms with E-state index in [9.17, 15) is 0 Å². The lowest BCUT2D eigenvalue weighted by atomic mass is 10.4. The van der Waals surface area contributed by atoms with Crippen LogP contribution in [-0.2, 0) is 4.74 Å². The molecule has 2 rings (SSSR count). The average Bonchev–Trinajstić information content (AvgIpc) is 2.88. The Morgan fingerprint density at radius 3 is 2.70 bits per heavy atom. The van der Waals surface area contributed by atoms with Gasteiger partial charge in [-0.3, -0.25) is 4.98 Å². The van der Waals surface area contributed by atoms with Crippen molar-refractivity contribution in [1.29, 1.82) is 0 Å². The number of ether oxygens (including phenoxy) is 1. The fraction of sp³-hybridized carbons (Fsp3) is 0.462. The largest absolute Gasteiger partial charge is 0.361 e. The van der Waals surface area contributed by atoms with Crippen molar-refractivity contribution in [3.05, 3.63) is 30.5 Å². The van der Waals surface area contributed by atoms with Crippen molar-refractivity contribution in [1.82, 2.24) is 19.9 Å². The monoisotopic (exact) mass is 354 g/mol. The zero-order valence-electron chi connectivity index (χ0n) is 11.9. The Morgan fingerprint density at radius 1 is 1.25 bits per heavy atom. The van der Waals surface area contributed by atoms with E-state index in [4.69, 9.17) is 4.74 Å². The Balaban J connectivity index is 1.95. The number of aromatic nitrogens is 4. The van der Waals surface area contributed by atoms with Crippen molar-refractivity contribution in [2.45, 2.75) is 30.7 Å². The molecule has 0 fully saturated rings. The van der Waals surface area contributed by atoms with E-state index in [0.717, 1.165) is 24.0 Å². The van der Waals surface area contributed by atoms with Crippen LogP contribution in [0.2, 0.25) is 25.7 Å². The van der Waals surface area contributed by atoms with E-state index < -0.39 is 8.07 Å². The lowest BCUT2D eigenvalue weighted by Crippen LogP contribution is -2.21. The van der Waals surface area contributed by atoms with Crippen molar-refractivity contribution < 1.29 is 4.74 Å². The third-order valence-corrected chi connectivity index (χ3v) is 5.22. The van der Waals surface area contributed by atoms with Crippen LogP contribution >= 0.6 is 15.9 Å². The SMILES string of the molecule is C[Si](C)(C)CCOC(Br)c1cnc(-c2cnccn2)[nH]1. The zero-order valence-corrected chi connectivity index (χ0v) is 14.5. The molecule has 2 aromatic heterocycles. The molecule has 1 unspecified atom stereocenters. The Hall–Kier alpha value is -1.05. The van der Waals surface area contributed by atoms with Crippen LogP contribution < -0.4 is 0 Å². The van der Waals surface area contributed by atoms with Crippen molar-refractivity contribution in [2.75, 3.05) is 6.61 Å². The summed E-state index contributed by atoms with van der Waals surface area (Å²) >= 11 is 3.53. The Morgan fingerprint density at radius 2 is 2.05 bits per heavy atom. The molecule has 2 heterocycles. The van der Waals surface area contributed by atoms with Gasteiger partial charge in [0.1, 0.15) is 5.69 Å². The van der Waals surface area contributed by atoms with Crippen LogP contribution in [-0.4, -0.2) is 34.6 Å². The highest BCUT2D eigenvalue weighted by molar-refractivity contribution is 9.09. The molecule has 0 aliphatic rings. The first kappa shape index (κ1) is 15.3. The van der Waals surface area contributed by atoms with Crippen molar-refractivity contribution in [2.24, 2.45) is 0 Å². The standard InChI is InChI=1S/C13H19BrN4OSi/c1-20(2,3)7-6-19-12(14)10-9-17-13(18-10)11-8-15-4-5-16-11/h4-5,8-9,12H,6-7H2,1-3H3,(H,17,18). The van der Waals surface area contributed by atoms with E-state index in [-0.39, 0.29) is 5.01 Å². The van der Waals surface area contributed by atoms with Gasteiger partial charge in [-0.05, 0) is 6.04 Å². The molecule has 7 heteroatoms. The third kappa shape index (κ3) is 4.50. The number of H-pyrrole nitrogens is 1. The van der Waals surface area contributed by atoms with Crippen molar-refractivity contribution in [3.63, 3.8) is 0 Å². The maximum atomic E-state index is 5.80. The minimum atomic E-state index is -1.06. The number of hydrogen-bond acceptors (Lipinski definition) is 4. The predicted octanol–water partition coefficient (Wildman–Crippen LogP) is 3.62. The second-order valence-electron chi connectivity index (χ2n) is 5.78. The maximum absolute atomic E-state index is 5.80. The van der Waals surface area contributed by atoms with Crippen LogP contribution in [0, 0.1) is 0 Å². The van der Waals surface area contributed by atoms with E-state index in [1.807, 2.05) is 0 Å². The molecule has 0 aromatic carbocycles. The number of rotatable bonds is 6. The predicted molar refractivity (Wildman–Crippen MR) is 85.4 cm³/mol. The molecular formula is C13H19BrN4OSi. The summed E-state index contributed by atoms with van der Waals surface area (Å²) in [6.07, 6.45) is 6.73. The molecule has 20 heavy (non-hydrogen) atoms. The van der Waals surface area contributed by atoms with E-state index in [1.54, 1.807) is 24.8 Å². The molecule has 1 atom stereocenters. The van der Waals surface area contributed by atoms with Gasteiger partial charge in [0.25, 0.3) is 0 Å². The Labute approximate surface area is 128 Å². The summed E-state index contributed by atoms with van der Waals surface area (Å²) in [6.45, 7) is 7.76. The summed E-state index contributed by atoms with van der Waals surface area (Å²) in [7, 11) is -1.06. The molecule has 0 aliphatic heterocycles. The first-order valence-electron chi connectivity index (χ1n) is 6.53. The maximum Gasteiger partial charge on any atom is 0.157 e. The van der Waals surface area contributed by atoms with Gasteiger partial charge in [-0.1, -0.05) is 35.6 Å². The van der Waals surface area contributed by atoms with Gasteiger partial charge in [-0.25, -0.2) is 9.97 Å². The number of aromatic amines is 1. The number of nitrogens with zero attached hydrogens (tertiary/aromatic N) is 3. The minimum absolute atomic E-state index is 0.170. The lowest BCUT2D eigenvalue weighted by molar-refractivity contribution is 0.127. The molecule has 0 spiro atoms. The number of hydrogen-bond donors (Lipinski definition) is 1. The molecule has 0 radical (unpaired) electrons. The molecule has 2 aromatic rings. The van der Waals surface area contributed by atoms with Gasteiger partial charge in [0.15, 0.2) is 10.8 Å². The summed E-state index contributed by atoms with van der Waals surface area (Å²) in [4.78, 5) is 15.7. The van der Waals surface area contributed by atoms with Gasteiger partial charge < -0.3 is 9.72 Å². The van der Waals surface area contributed by atoms with Gasteiger partial charge in [-0.2, -0.15) is 0 Å². The van der Waals surface area contributed by atoms with Gasteiger partial charge in [0.05, 0.1) is 18.1 Å². The first-order valence-corrected chi connectivity index (χ1v) is 11.1. The normalized spacial score (nSPS) is 13.4. The van der Waals surface area contributed by atoms with Crippen LogP contribution in [0.4, 0.5) is 0 Å². The summed E-state index contributed by atoms with van der Waals surface area (Å²) in [6, 6.07) is 1.14.